The first-order valence-electron chi connectivity index (χ1n) is 7.15. The summed E-state index contributed by atoms with van der Waals surface area (Å²) >= 11 is 0. The quantitative estimate of drug-likeness (QED) is 0.858. The summed E-state index contributed by atoms with van der Waals surface area (Å²) in [5, 5.41) is 18.8. The van der Waals surface area contributed by atoms with E-state index in [0.717, 1.165) is 5.56 Å². The monoisotopic (exact) mass is 321 g/mol. The molecule has 0 fully saturated rings. The molecule has 2 rings (SSSR count). The van der Waals surface area contributed by atoms with Gasteiger partial charge < -0.3 is 15.1 Å². The van der Waals surface area contributed by atoms with E-state index in [-0.39, 0.29) is 19.7 Å². The van der Waals surface area contributed by atoms with Crippen molar-refractivity contribution in [3.8, 4) is 5.75 Å². The van der Waals surface area contributed by atoms with Gasteiger partial charge in [0.05, 0.1) is 6.61 Å². The van der Waals surface area contributed by atoms with Crippen molar-refractivity contribution in [3.05, 3.63) is 65.2 Å². The molecule has 0 spiro atoms. The number of carbonyl (C=O) groups excluding carboxylic acids is 1. The van der Waals surface area contributed by atoms with Crippen molar-refractivity contribution in [2.24, 2.45) is 0 Å². The first-order chi connectivity index (χ1) is 11.0. The Hall–Kier alpha value is -2.47. The van der Waals surface area contributed by atoms with E-state index in [1.807, 2.05) is 30.3 Å². The molecule has 1 amide bonds. The first kappa shape index (κ1) is 16.9. The molecule has 6 heteroatoms. The van der Waals surface area contributed by atoms with Crippen molar-refractivity contribution < 1.29 is 23.8 Å². The molecule has 23 heavy (non-hydrogen) atoms. The third-order valence-electron chi connectivity index (χ3n) is 3.42. The maximum atomic E-state index is 13.8. The van der Waals surface area contributed by atoms with Gasteiger partial charge in [-0.1, -0.05) is 30.3 Å². The molecule has 0 bridgehead atoms. The van der Waals surface area contributed by atoms with Crippen LogP contribution in [0.25, 0.3) is 0 Å². The highest BCUT2D eigenvalue weighted by molar-refractivity contribution is 5.97. The second-order valence-electron chi connectivity index (χ2n) is 5.03. The van der Waals surface area contributed by atoms with Gasteiger partial charge in [0, 0.05) is 25.2 Å². The standard InChI is InChI=1S/C17H17F2NO3/c18-13-10-14(19)16(15(22)11-13)17(23)20(8-9-21)7-6-12-4-2-1-3-5-12/h1-5,10-11,21-22H,6-9H2. The van der Waals surface area contributed by atoms with Crippen molar-refractivity contribution >= 4 is 5.91 Å². The SMILES string of the molecule is O=C(c1c(O)cc(F)cc1F)N(CCO)CCc1ccccc1. The van der Waals surface area contributed by atoms with Crippen molar-refractivity contribution in [1.29, 1.82) is 0 Å². The summed E-state index contributed by atoms with van der Waals surface area (Å²) in [6, 6.07) is 10.6. The average molecular weight is 321 g/mol. The molecule has 0 heterocycles. The molecule has 0 aliphatic heterocycles. The molecule has 122 valence electrons. The van der Waals surface area contributed by atoms with E-state index >= 15 is 0 Å². The lowest BCUT2D eigenvalue weighted by atomic mass is 10.1. The number of phenols is 1. The van der Waals surface area contributed by atoms with Gasteiger partial charge in [-0.2, -0.15) is 0 Å². The molecule has 0 unspecified atom stereocenters. The van der Waals surface area contributed by atoms with Crippen molar-refractivity contribution in [3.63, 3.8) is 0 Å². The van der Waals surface area contributed by atoms with E-state index in [0.29, 0.717) is 18.6 Å². The van der Waals surface area contributed by atoms with E-state index in [1.165, 1.54) is 4.90 Å². The van der Waals surface area contributed by atoms with Gasteiger partial charge in [0.15, 0.2) is 0 Å². The molecule has 2 N–H and O–H groups in total. The van der Waals surface area contributed by atoms with Crippen LogP contribution < -0.4 is 0 Å². The number of hydrogen-bond acceptors (Lipinski definition) is 3. The van der Waals surface area contributed by atoms with Crippen LogP contribution in [-0.2, 0) is 6.42 Å². The predicted octanol–water partition coefficient (Wildman–Crippen LogP) is 2.35. The fraction of sp³-hybridized carbons (Fsp3) is 0.235. The topological polar surface area (TPSA) is 60.8 Å². The zero-order chi connectivity index (χ0) is 16.8. The Bertz CT molecular complexity index is 654. The number of aliphatic hydroxyl groups is 1. The van der Waals surface area contributed by atoms with E-state index < -0.39 is 28.9 Å². The summed E-state index contributed by atoms with van der Waals surface area (Å²) < 4.78 is 26.8. The van der Waals surface area contributed by atoms with Crippen molar-refractivity contribution in [2.45, 2.75) is 6.42 Å². The van der Waals surface area contributed by atoms with E-state index in [1.54, 1.807) is 0 Å². The molecule has 0 radical (unpaired) electrons. The molecule has 0 atom stereocenters. The third kappa shape index (κ3) is 4.26. The molecular formula is C17H17F2NO3. The van der Waals surface area contributed by atoms with Gasteiger partial charge in [-0.3, -0.25) is 4.79 Å². The minimum Gasteiger partial charge on any atom is -0.507 e. The molecule has 0 saturated heterocycles. The van der Waals surface area contributed by atoms with Gasteiger partial charge in [-0.15, -0.1) is 0 Å². The van der Waals surface area contributed by atoms with Crippen LogP contribution in [0.5, 0.6) is 5.75 Å². The molecule has 0 saturated carbocycles. The van der Waals surface area contributed by atoms with Crippen LogP contribution in [0.4, 0.5) is 8.78 Å². The molecule has 0 aromatic heterocycles. The number of amides is 1. The van der Waals surface area contributed by atoms with E-state index in [4.69, 9.17) is 5.11 Å². The smallest absolute Gasteiger partial charge is 0.260 e. The van der Waals surface area contributed by atoms with E-state index in [2.05, 4.69) is 0 Å². The summed E-state index contributed by atoms with van der Waals surface area (Å²) in [6.07, 6.45) is 0.510. The number of nitrogens with zero attached hydrogens (tertiary/aromatic N) is 1. The normalized spacial score (nSPS) is 10.6. The van der Waals surface area contributed by atoms with Crippen molar-refractivity contribution in [1.82, 2.24) is 4.90 Å². The van der Waals surface area contributed by atoms with Crippen LogP contribution in [-0.4, -0.2) is 40.7 Å². The van der Waals surface area contributed by atoms with Crippen LogP contribution in [0.3, 0.4) is 0 Å². The highest BCUT2D eigenvalue weighted by Crippen LogP contribution is 2.23. The molecule has 2 aromatic rings. The Labute approximate surface area is 132 Å². The Kier molecular flexibility index (Phi) is 5.65. The van der Waals surface area contributed by atoms with Crippen LogP contribution in [0.2, 0.25) is 0 Å². The second-order valence-corrected chi connectivity index (χ2v) is 5.03. The summed E-state index contributed by atoms with van der Waals surface area (Å²) in [5.74, 6) is -3.63. The first-order valence-corrected chi connectivity index (χ1v) is 7.15. The van der Waals surface area contributed by atoms with Crippen molar-refractivity contribution in [2.75, 3.05) is 19.7 Å². The maximum Gasteiger partial charge on any atom is 0.260 e. The Morgan fingerprint density at radius 2 is 1.78 bits per heavy atom. The number of aliphatic hydroxyl groups excluding tert-OH is 1. The largest absolute Gasteiger partial charge is 0.507 e. The molecule has 2 aromatic carbocycles. The Morgan fingerprint density at radius 1 is 1.09 bits per heavy atom. The van der Waals surface area contributed by atoms with Crippen LogP contribution in [0.15, 0.2) is 42.5 Å². The minimum absolute atomic E-state index is 0.0120. The lowest BCUT2D eigenvalue weighted by molar-refractivity contribution is 0.0716. The third-order valence-corrected chi connectivity index (χ3v) is 3.42. The Morgan fingerprint density at radius 3 is 2.39 bits per heavy atom. The second kappa shape index (κ2) is 7.69. The molecule has 0 aliphatic carbocycles. The number of phenolic OH excluding ortho intramolecular Hbond substituents is 1. The van der Waals surface area contributed by atoms with Gasteiger partial charge >= 0.3 is 0 Å². The number of rotatable bonds is 6. The van der Waals surface area contributed by atoms with Crippen LogP contribution in [0.1, 0.15) is 15.9 Å². The molecular weight excluding hydrogens is 304 g/mol. The number of halogens is 2. The molecule has 4 nitrogen and oxygen atoms in total. The summed E-state index contributed by atoms with van der Waals surface area (Å²) in [4.78, 5) is 13.6. The van der Waals surface area contributed by atoms with Gasteiger partial charge in [-0.25, -0.2) is 8.78 Å². The summed E-state index contributed by atoms with van der Waals surface area (Å²) in [6.45, 7) is -0.0777. The lowest BCUT2D eigenvalue weighted by Gasteiger charge is -2.22. The lowest BCUT2D eigenvalue weighted by Crippen LogP contribution is -2.36. The zero-order valence-electron chi connectivity index (χ0n) is 12.4. The summed E-state index contributed by atoms with van der Waals surface area (Å²) in [7, 11) is 0. The highest BCUT2D eigenvalue weighted by atomic mass is 19.1. The number of hydrogen-bond donors (Lipinski definition) is 2. The van der Waals surface area contributed by atoms with Crippen LogP contribution >= 0.6 is 0 Å². The fourth-order valence-corrected chi connectivity index (χ4v) is 2.27. The fourth-order valence-electron chi connectivity index (χ4n) is 2.27. The van der Waals surface area contributed by atoms with Crippen LogP contribution in [0, 0.1) is 11.6 Å². The number of carbonyl (C=O) groups is 1. The van der Waals surface area contributed by atoms with Gasteiger partial charge in [0.25, 0.3) is 5.91 Å². The number of benzene rings is 2. The van der Waals surface area contributed by atoms with Gasteiger partial charge in [0.2, 0.25) is 0 Å². The van der Waals surface area contributed by atoms with Gasteiger partial charge in [-0.05, 0) is 12.0 Å². The predicted molar refractivity (Wildman–Crippen MR) is 81.2 cm³/mol. The molecule has 0 aliphatic rings. The highest BCUT2D eigenvalue weighted by Gasteiger charge is 2.23. The minimum atomic E-state index is -1.13. The van der Waals surface area contributed by atoms with Gasteiger partial charge in [0.1, 0.15) is 22.9 Å². The zero-order valence-corrected chi connectivity index (χ0v) is 12.4. The number of aromatic hydroxyl groups is 1. The average Bonchev–Trinajstić information content (AvgIpc) is 2.51. The van der Waals surface area contributed by atoms with E-state index in [9.17, 15) is 18.7 Å². The maximum absolute atomic E-state index is 13.8. The Balaban J connectivity index is 2.18. The summed E-state index contributed by atoms with van der Waals surface area (Å²) in [5.41, 5.74) is 0.389.